The molecule has 0 bridgehead atoms. The summed E-state index contributed by atoms with van der Waals surface area (Å²) in [5, 5.41) is 15.5. The fourth-order valence-electron chi connectivity index (χ4n) is 3.53. The number of aromatic nitrogens is 3. The lowest BCUT2D eigenvalue weighted by molar-refractivity contribution is -0.142. The number of hydrogen-bond acceptors (Lipinski definition) is 6. The van der Waals surface area contributed by atoms with Crippen LogP contribution in [0.25, 0.3) is 10.9 Å². The van der Waals surface area contributed by atoms with E-state index in [2.05, 4.69) is 25.6 Å². The largest absolute Gasteiger partial charge is 0.480 e. The van der Waals surface area contributed by atoms with E-state index in [1.807, 2.05) is 24.3 Å². The maximum atomic E-state index is 13.1. The molecule has 3 rings (SSSR count). The van der Waals surface area contributed by atoms with Crippen molar-refractivity contribution in [2.24, 2.45) is 11.5 Å². The van der Waals surface area contributed by atoms with Gasteiger partial charge in [-0.05, 0) is 18.1 Å². The third-order valence-electron chi connectivity index (χ3n) is 5.36. The number of hydrogen-bond donors (Lipinski definition) is 7. The van der Waals surface area contributed by atoms with Crippen LogP contribution in [0.15, 0.2) is 43.0 Å². The van der Waals surface area contributed by atoms with Crippen LogP contribution in [-0.2, 0) is 32.0 Å². The topological polar surface area (TPSA) is 209 Å². The molecule has 0 aliphatic carbocycles. The molecule has 0 saturated heterocycles. The fraction of sp³-hybridized carbons (Fsp3) is 0.318. The van der Waals surface area contributed by atoms with E-state index in [9.17, 15) is 24.3 Å². The van der Waals surface area contributed by atoms with Crippen molar-refractivity contribution in [1.29, 1.82) is 0 Å². The second-order valence-electron chi connectivity index (χ2n) is 7.92. The summed E-state index contributed by atoms with van der Waals surface area (Å²) in [5.74, 6) is -3.17. The highest BCUT2D eigenvalue weighted by atomic mass is 16.4. The van der Waals surface area contributed by atoms with Crippen molar-refractivity contribution in [3.8, 4) is 0 Å². The number of H-pyrrole nitrogens is 2. The Balaban J connectivity index is 1.79. The van der Waals surface area contributed by atoms with Gasteiger partial charge < -0.3 is 37.2 Å². The number of primary amides is 1. The van der Waals surface area contributed by atoms with Gasteiger partial charge in [-0.2, -0.15) is 0 Å². The van der Waals surface area contributed by atoms with Crippen molar-refractivity contribution in [2.75, 3.05) is 0 Å². The Morgan fingerprint density at radius 3 is 2.44 bits per heavy atom. The molecule has 0 fully saturated rings. The Kier molecular flexibility index (Phi) is 7.98. The number of carboxylic acid groups (broad SMARTS) is 1. The number of benzene rings is 1. The Labute approximate surface area is 194 Å². The number of imidazole rings is 1. The zero-order valence-corrected chi connectivity index (χ0v) is 18.3. The highest BCUT2D eigenvalue weighted by Gasteiger charge is 2.29. The second kappa shape index (κ2) is 11.1. The van der Waals surface area contributed by atoms with Crippen molar-refractivity contribution in [3.05, 3.63) is 54.2 Å². The Bertz CT molecular complexity index is 1160. The van der Waals surface area contributed by atoms with Crippen LogP contribution in [0.2, 0.25) is 0 Å². The summed E-state index contributed by atoms with van der Waals surface area (Å²) in [6.45, 7) is 0. The standard InChI is InChI=1S/C22H27N7O5/c23-15(5-6-19(24)30)20(31)28-17(7-12-9-26-16-4-2-1-3-14(12)16)21(32)29-18(22(33)34)8-13-10-25-11-27-13/h1-4,9-11,15,17-18,26H,5-8,23H2,(H2,24,30)(H,25,27)(H,28,31)(H,29,32)(H,33,34). The van der Waals surface area contributed by atoms with Gasteiger partial charge in [0, 0.05) is 48.3 Å². The summed E-state index contributed by atoms with van der Waals surface area (Å²) >= 11 is 0. The summed E-state index contributed by atoms with van der Waals surface area (Å²) in [6, 6.07) is 4.02. The van der Waals surface area contributed by atoms with Crippen LogP contribution in [0.1, 0.15) is 24.1 Å². The SMILES string of the molecule is NC(=O)CCC(N)C(=O)NC(Cc1c[nH]c2ccccc12)C(=O)NC(Cc1cnc[nH]1)C(=O)O. The summed E-state index contributed by atoms with van der Waals surface area (Å²) in [5.41, 5.74) is 13.1. The summed E-state index contributed by atoms with van der Waals surface area (Å²) in [4.78, 5) is 58.3. The molecule has 3 atom stereocenters. The highest BCUT2D eigenvalue weighted by molar-refractivity contribution is 5.93. The lowest BCUT2D eigenvalue weighted by atomic mass is 10.0. The minimum atomic E-state index is -1.25. The third kappa shape index (κ3) is 6.42. The van der Waals surface area contributed by atoms with Crippen LogP contribution in [0.4, 0.5) is 0 Å². The van der Waals surface area contributed by atoms with E-state index in [0.29, 0.717) is 5.69 Å². The van der Waals surface area contributed by atoms with Gasteiger partial charge >= 0.3 is 5.97 Å². The van der Waals surface area contributed by atoms with Gasteiger partial charge in [0.1, 0.15) is 12.1 Å². The molecule has 0 aliphatic rings. The summed E-state index contributed by atoms with van der Waals surface area (Å²) < 4.78 is 0. The molecule has 9 N–H and O–H groups in total. The molecule has 0 spiro atoms. The molecule has 0 radical (unpaired) electrons. The van der Waals surface area contributed by atoms with Gasteiger partial charge in [0.2, 0.25) is 17.7 Å². The number of nitrogens with one attached hydrogen (secondary N) is 4. The van der Waals surface area contributed by atoms with Gasteiger partial charge in [-0.25, -0.2) is 9.78 Å². The van der Waals surface area contributed by atoms with E-state index in [0.717, 1.165) is 16.5 Å². The van der Waals surface area contributed by atoms with Crippen molar-refractivity contribution in [3.63, 3.8) is 0 Å². The van der Waals surface area contributed by atoms with Crippen LogP contribution in [-0.4, -0.2) is 61.9 Å². The fourth-order valence-corrected chi connectivity index (χ4v) is 3.53. The predicted molar refractivity (Wildman–Crippen MR) is 122 cm³/mol. The van der Waals surface area contributed by atoms with Crippen LogP contribution in [0.3, 0.4) is 0 Å². The molecule has 0 saturated carbocycles. The van der Waals surface area contributed by atoms with E-state index in [1.54, 1.807) is 6.20 Å². The van der Waals surface area contributed by atoms with Gasteiger partial charge in [0.25, 0.3) is 0 Å². The van der Waals surface area contributed by atoms with Crippen LogP contribution in [0, 0.1) is 0 Å². The first-order valence-electron chi connectivity index (χ1n) is 10.6. The van der Waals surface area contributed by atoms with Gasteiger partial charge in [-0.3, -0.25) is 14.4 Å². The number of nitrogens with two attached hydrogens (primary N) is 2. The minimum Gasteiger partial charge on any atom is -0.480 e. The molecule has 180 valence electrons. The molecular weight excluding hydrogens is 442 g/mol. The number of aromatic amines is 2. The Hall–Kier alpha value is -4.19. The molecule has 3 unspecified atom stereocenters. The summed E-state index contributed by atoms with van der Waals surface area (Å²) in [7, 11) is 0. The van der Waals surface area contributed by atoms with E-state index in [1.165, 1.54) is 12.5 Å². The summed E-state index contributed by atoms with van der Waals surface area (Å²) in [6.07, 6.45) is 4.59. The van der Waals surface area contributed by atoms with E-state index in [-0.39, 0.29) is 25.7 Å². The van der Waals surface area contributed by atoms with Crippen molar-refractivity contribution < 1.29 is 24.3 Å². The number of para-hydroxylation sites is 1. The number of aliphatic carboxylic acids is 1. The number of rotatable bonds is 12. The van der Waals surface area contributed by atoms with Crippen molar-refractivity contribution in [2.45, 2.75) is 43.8 Å². The monoisotopic (exact) mass is 469 g/mol. The Morgan fingerprint density at radius 2 is 1.76 bits per heavy atom. The lowest BCUT2D eigenvalue weighted by Gasteiger charge is -2.22. The number of amides is 3. The first-order valence-corrected chi connectivity index (χ1v) is 10.6. The quantitative estimate of drug-likeness (QED) is 0.181. The molecule has 12 nitrogen and oxygen atoms in total. The lowest BCUT2D eigenvalue weighted by Crippen LogP contribution is -2.55. The van der Waals surface area contributed by atoms with E-state index in [4.69, 9.17) is 11.5 Å². The number of carbonyl (C=O) groups is 4. The van der Waals surface area contributed by atoms with Crippen LogP contribution >= 0.6 is 0 Å². The molecule has 34 heavy (non-hydrogen) atoms. The predicted octanol–water partition coefficient (Wildman–Crippen LogP) is -0.677. The molecule has 1 aromatic carbocycles. The average molecular weight is 470 g/mol. The van der Waals surface area contributed by atoms with Gasteiger partial charge in [0.05, 0.1) is 12.4 Å². The first-order chi connectivity index (χ1) is 16.2. The van der Waals surface area contributed by atoms with Crippen LogP contribution in [0.5, 0.6) is 0 Å². The van der Waals surface area contributed by atoms with Crippen LogP contribution < -0.4 is 22.1 Å². The maximum Gasteiger partial charge on any atom is 0.326 e. The third-order valence-corrected chi connectivity index (χ3v) is 5.36. The number of carbonyl (C=O) groups excluding carboxylic acids is 3. The van der Waals surface area contributed by atoms with E-state index < -0.39 is 41.8 Å². The van der Waals surface area contributed by atoms with Gasteiger partial charge in [-0.1, -0.05) is 18.2 Å². The number of fused-ring (bicyclic) bond motifs is 1. The normalized spacial score (nSPS) is 13.7. The molecule has 12 heteroatoms. The smallest absolute Gasteiger partial charge is 0.326 e. The molecular formula is C22H27N7O5. The highest BCUT2D eigenvalue weighted by Crippen LogP contribution is 2.19. The Morgan fingerprint density at radius 1 is 1.03 bits per heavy atom. The van der Waals surface area contributed by atoms with E-state index >= 15 is 0 Å². The number of nitrogens with zero attached hydrogens (tertiary/aromatic N) is 1. The first kappa shape index (κ1) is 24.5. The number of carboxylic acids is 1. The molecule has 0 aliphatic heterocycles. The van der Waals surface area contributed by atoms with Gasteiger partial charge in [0.15, 0.2) is 0 Å². The molecule has 2 aromatic heterocycles. The van der Waals surface area contributed by atoms with Crippen molar-refractivity contribution >= 4 is 34.6 Å². The average Bonchev–Trinajstić information content (AvgIpc) is 3.46. The second-order valence-corrected chi connectivity index (χ2v) is 7.92. The minimum absolute atomic E-state index is 0.0141. The molecule has 3 amide bonds. The zero-order valence-electron chi connectivity index (χ0n) is 18.3. The zero-order chi connectivity index (χ0) is 24.7. The van der Waals surface area contributed by atoms with Crippen molar-refractivity contribution in [1.82, 2.24) is 25.6 Å². The van der Waals surface area contributed by atoms with Gasteiger partial charge in [-0.15, -0.1) is 0 Å². The maximum absolute atomic E-state index is 13.1. The molecule has 3 aromatic rings. The molecule has 2 heterocycles.